The van der Waals surface area contributed by atoms with E-state index in [1.54, 1.807) is 6.92 Å². The van der Waals surface area contributed by atoms with Gasteiger partial charge in [0.15, 0.2) is 0 Å². The lowest BCUT2D eigenvalue weighted by Gasteiger charge is -2.58. The molecular weight excluding hydrogens is 334 g/mol. The predicted molar refractivity (Wildman–Crippen MR) is 98.0 cm³/mol. The van der Waals surface area contributed by atoms with E-state index >= 15 is 0 Å². The number of carbonyl (C=O) groups excluding carboxylic acids is 1. The van der Waals surface area contributed by atoms with Crippen LogP contribution in [0.2, 0.25) is 0 Å². The number of hydrogen-bond acceptors (Lipinski definition) is 4. The molecule has 1 aliphatic rings. The molecule has 0 saturated heterocycles. The van der Waals surface area contributed by atoms with Crippen LogP contribution in [0.3, 0.4) is 0 Å². The van der Waals surface area contributed by atoms with Gasteiger partial charge in [0.1, 0.15) is 11.3 Å². The van der Waals surface area contributed by atoms with Crippen LogP contribution < -0.4 is 10.1 Å². The smallest absolute Gasteiger partial charge is 0.330 e. The summed E-state index contributed by atoms with van der Waals surface area (Å²) >= 11 is 0. The average molecular weight is 363 g/mol. The molecule has 2 rings (SSSR count). The SMILES string of the molecule is CCOC1CC(NC(=O)C(C)CCOc2ccccc2)(C(=O)O)C1(C)C. The first kappa shape index (κ1) is 20.2. The summed E-state index contributed by atoms with van der Waals surface area (Å²) in [6.07, 6.45) is 0.606. The summed E-state index contributed by atoms with van der Waals surface area (Å²) in [5.41, 5.74) is -1.97. The Hall–Kier alpha value is -2.08. The number of rotatable bonds is 9. The molecule has 1 aliphatic carbocycles. The van der Waals surface area contributed by atoms with Crippen molar-refractivity contribution in [3.63, 3.8) is 0 Å². The number of carbonyl (C=O) groups is 2. The van der Waals surface area contributed by atoms with Gasteiger partial charge in [-0.15, -0.1) is 0 Å². The van der Waals surface area contributed by atoms with E-state index in [0.29, 0.717) is 19.6 Å². The van der Waals surface area contributed by atoms with Crippen LogP contribution >= 0.6 is 0 Å². The summed E-state index contributed by atoms with van der Waals surface area (Å²) in [6, 6.07) is 9.39. The monoisotopic (exact) mass is 363 g/mol. The molecule has 1 aromatic carbocycles. The van der Waals surface area contributed by atoms with Gasteiger partial charge in [-0.3, -0.25) is 4.79 Å². The van der Waals surface area contributed by atoms with Crippen LogP contribution in [0.25, 0.3) is 0 Å². The van der Waals surface area contributed by atoms with Crippen LogP contribution in [0, 0.1) is 11.3 Å². The van der Waals surface area contributed by atoms with Crippen molar-refractivity contribution in [3.8, 4) is 5.75 Å². The predicted octanol–water partition coefficient (Wildman–Crippen LogP) is 2.87. The standard InChI is InChI=1S/C20H29NO5/c1-5-25-16-13-20(18(23)24,19(16,3)4)21-17(22)14(2)11-12-26-15-9-7-6-8-10-15/h6-10,14,16H,5,11-13H2,1-4H3,(H,21,22)(H,23,24). The van der Waals surface area contributed by atoms with Crippen LogP contribution in [-0.4, -0.2) is 41.8 Å². The number of carboxylic acid groups (broad SMARTS) is 1. The van der Waals surface area contributed by atoms with Crippen molar-refractivity contribution in [2.75, 3.05) is 13.2 Å². The number of hydrogen-bond donors (Lipinski definition) is 2. The Morgan fingerprint density at radius 3 is 2.50 bits per heavy atom. The van der Waals surface area contributed by atoms with Gasteiger partial charge in [-0.2, -0.15) is 0 Å². The van der Waals surface area contributed by atoms with Crippen LogP contribution in [0.4, 0.5) is 0 Å². The molecule has 0 radical (unpaired) electrons. The minimum atomic E-state index is -1.29. The summed E-state index contributed by atoms with van der Waals surface area (Å²) in [4.78, 5) is 24.5. The quantitative estimate of drug-likeness (QED) is 0.705. The van der Waals surface area contributed by atoms with Crippen LogP contribution in [0.1, 0.15) is 40.5 Å². The van der Waals surface area contributed by atoms with Crippen molar-refractivity contribution in [1.29, 1.82) is 0 Å². The van der Waals surface area contributed by atoms with Gasteiger partial charge < -0.3 is 19.9 Å². The zero-order valence-electron chi connectivity index (χ0n) is 16.0. The Kier molecular flexibility index (Phi) is 6.29. The average Bonchev–Trinajstić information content (AvgIpc) is 2.60. The van der Waals surface area contributed by atoms with E-state index in [-0.39, 0.29) is 24.3 Å². The number of amides is 1. The molecule has 1 saturated carbocycles. The molecule has 1 amide bonds. The fourth-order valence-corrected chi connectivity index (χ4v) is 3.37. The molecule has 0 heterocycles. The second-order valence-corrected chi connectivity index (χ2v) is 7.42. The maximum absolute atomic E-state index is 12.6. The Labute approximate surface area is 154 Å². The van der Waals surface area contributed by atoms with Crippen molar-refractivity contribution >= 4 is 11.9 Å². The van der Waals surface area contributed by atoms with E-state index in [9.17, 15) is 14.7 Å². The highest BCUT2D eigenvalue weighted by molar-refractivity contribution is 5.90. The maximum Gasteiger partial charge on any atom is 0.330 e. The second-order valence-electron chi connectivity index (χ2n) is 7.42. The van der Waals surface area contributed by atoms with Crippen LogP contribution in [0.15, 0.2) is 30.3 Å². The van der Waals surface area contributed by atoms with E-state index in [2.05, 4.69) is 5.32 Å². The summed E-state index contributed by atoms with van der Waals surface area (Å²) in [7, 11) is 0. The van der Waals surface area contributed by atoms with Gasteiger partial charge in [0.2, 0.25) is 5.91 Å². The molecule has 0 bridgehead atoms. The van der Waals surface area contributed by atoms with E-state index in [1.807, 2.05) is 51.1 Å². The molecule has 0 aliphatic heterocycles. The van der Waals surface area contributed by atoms with E-state index in [1.165, 1.54) is 0 Å². The number of para-hydroxylation sites is 1. The van der Waals surface area contributed by atoms with Crippen molar-refractivity contribution in [1.82, 2.24) is 5.32 Å². The minimum absolute atomic E-state index is 0.180. The normalized spacial score (nSPS) is 25.0. The third-order valence-corrected chi connectivity index (χ3v) is 5.48. The molecule has 3 unspecified atom stereocenters. The maximum atomic E-state index is 12.6. The van der Waals surface area contributed by atoms with Crippen molar-refractivity contribution in [2.24, 2.45) is 11.3 Å². The Balaban J connectivity index is 1.92. The number of ether oxygens (including phenoxy) is 2. The molecule has 6 nitrogen and oxygen atoms in total. The molecule has 144 valence electrons. The fraction of sp³-hybridized carbons (Fsp3) is 0.600. The molecule has 26 heavy (non-hydrogen) atoms. The van der Waals surface area contributed by atoms with Crippen LogP contribution in [-0.2, 0) is 14.3 Å². The van der Waals surface area contributed by atoms with Gasteiger partial charge in [0.25, 0.3) is 0 Å². The fourth-order valence-electron chi connectivity index (χ4n) is 3.37. The summed E-state index contributed by atoms with van der Waals surface area (Å²) in [5.74, 6) is -0.884. The summed E-state index contributed by atoms with van der Waals surface area (Å²) in [5, 5.41) is 12.5. The van der Waals surface area contributed by atoms with E-state index in [4.69, 9.17) is 9.47 Å². The van der Waals surface area contributed by atoms with Crippen molar-refractivity contribution in [3.05, 3.63) is 30.3 Å². The largest absolute Gasteiger partial charge is 0.494 e. The number of nitrogens with one attached hydrogen (secondary N) is 1. The minimum Gasteiger partial charge on any atom is -0.494 e. The Morgan fingerprint density at radius 2 is 1.96 bits per heavy atom. The first-order valence-corrected chi connectivity index (χ1v) is 9.09. The first-order chi connectivity index (χ1) is 12.2. The van der Waals surface area contributed by atoms with Crippen molar-refractivity contribution < 1.29 is 24.2 Å². The van der Waals surface area contributed by atoms with E-state index < -0.39 is 16.9 Å². The molecule has 0 spiro atoms. The molecule has 3 atom stereocenters. The topological polar surface area (TPSA) is 84.9 Å². The highest BCUT2D eigenvalue weighted by atomic mass is 16.5. The molecule has 6 heteroatoms. The second kappa shape index (κ2) is 8.08. The highest BCUT2D eigenvalue weighted by Crippen LogP contribution is 2.51. The van der Waals surface area contributed by atoms with Gasteiger partial charge in [0.05, 0.1) is 12.7 Å². The van der Waals surface area contributed by atoms with Gasteiger partial charge in [-0.1, -0.05) is 39.0 Å². The summed E-state index contributed by atoms with van der Waals surface area (Å²) in [6.45, 7) is 8.23. The van der Waals surface area contributed by atoms with E-state index in [0.717, 1.165) is 5.75 Å². The zero-order chi connectivity index (χ0) is 19.4. The van der Waals surface area contributed by atoms with Crippen molar-refractivity contribution in [2.45, 2.75) is 52.2 Å². The number of benzene rings is 1. The lowest BCUT2D eigenvalue weighted by atomic mass is 9.54. The van der Waals surface area contributed by atoms with Gasteiger partial charge in [0, 0.05) is 24.4 Å². The molecule has 2 N–H and O–H groups in total. The number of aliphatic carboxylic acids is 1. The third kappa shape index (κ3) is 3.85. The first-order valence-electron chi connectivity index (χ1n) is 9.09. The van der Waals surface area contributed by atoms with Gasteiger partial charge in [-0.05, 0) is 25.5 Å². The van der Waals surface area contributed by atoms with Gasteiger partial charge in [-0.25, -0.2) is 4.79 Å². The summed E-state index contributed by atoms with van der Waals surface area (Å²) < 4.78 is 11.2. The molecular formula is C20H29NO5. The van der Waals surface area contributed by atoms with Gasteiger partial charge >= 0.3 is 5.97 Å². The lowest BCUT2D eigenvalue weighted by Crippen LogP contribution is -2.76. The van der Waals surface area contributed by atoms with Crippen LogP contribution in [0.5, 0.6) is 5.75 Å². The molecule has 1 aromatic rings. The highest BCUT2D eigenvalue weighted by Gasteiger charge is 2.66. The molecule has 1 fully saturated rings. The lowest BCUT2D eigenvalue weighted by molar-refractivity contribution is -0.195. The zero-order valence-corrected chi connectivity index (χ0v) is 16.0. The molecule has 0 aromatic heterocycles. The Bertz CT molecular complexity index is 630. The Morgan fingerprint density at radius 1 is 1.31 bits per heavy atom. The third-order valence-electron chi connectivity index (χ3n) is 5.48. The number of carboxylic acids is 1.